The molecule has 30 heavy (non-hydrogen) atoms. The molecule has 2 saturated heterocycles. The molecule has 8 nitrogen and oxygen atoms in total. The summed E-state index contributed by atoms with van der Waals surface area (Å²) in [6.07, 6.45) is -0.213. The molecule has 4 rings (SSSR count). The van der Waals surface area contributed by atoms with Gasteiger partial charge in [0.1, 0.15) is 10.1 Å². The SMILES string of the molecule is CC1(/C=N/O)C(C(=O)OC(c2ccccc2)c2ccccc2)N2C(=O)CC2S1(=O)=O. The number of oxime groups is 1. The number of carbonyl (C=O) groups excluding carboxylic acids is 2. The summed E-state index contributed by atoms with van der Waals surface area (Å²) < 4.78 is 29.8. The maximum Gasteiger partial charge on any atom is 0.331 e. The van der Waals surface area contributed by atoms with Gasteiger partial charge in [-0.15, -0.1) is 5.16 Å². The highest BCUT2D eigenvalue weighted by atomic mass is 32.2. The number of rotatable bonds is 5. The third-order valence-electron chi connectivity index (χ3n) is 5.72. The fourth-order valence-corrected chi connectivity index (χ4v) is 6.27. The lowest BCUT2D eigenvalue weighted by Gasteiger charge is -2.36. The highest BCUT2D eigenvalue weighted by Crippen LogP contribution is 2.46. The molecule has 3 unspecified atom stereocenters. The lowest BCUT2D eigenvalue weighted by atomic mass is 9.96. The van der Waals surface area contributed by atoms with Gasteiger partial charge in [-0.1, -0.05) is 60.7 Å². The van der Waals surface area contributed by atoms with E-state index in [-0.39, 0.29) is 6.42 Å². The number of sulfone groups is 1. The maximum absolute atomic E-state index is 13.3. The lowest BCUT2D eigenvalue weighted by molar-refractivity contribution is -0.163. The first kappa shape index (κ1) is 20.1. The normalized spacial score (nSPS) is 27.1. The van der Waals surface area contributed by atoms with E-state index in [0.29, 0.717) is 11.1 Å². The van der Waals surface area contributed by atoms with Gasteiger partial charge in [-0.3, -0.25) is 4.79 Å². The lowest BCUT2D eigenvalue weighted by Crippen LogP contribution is -2.58. The molecule has 1 N–H and O–H groups in total. The molecule has 1 amide bonds. The zero-order chi connectivity index (χ0) is 21.5. The van der Waals surface area contributed by atoms with Crippen molar-refractivity contribution in [2.24, 2.45) is 5.16 Å². The van der Waals surface area contributed by atoms with E-state index in [0.717, 1.165) is 11.1 Å². The first-order valence-corrected chi connectivity index (χ1v) is 10.9. The van der Waals surface area contributed by atoms with E-state index in [4.69, 9.17) is 9.94 Å². The Morgan fingerprint density at radius 2 is 1.70 bits per heavy atom. The van der Waals surface area contributed by atoms with E-state index in [2.05, 4.69) is 5.16 Å². The van der Waals surface area contributed by atoms with E-state index < -0.39 is 44.0 Å². The number of esters is 1. The van der Waals surface area contributed by atoms with Crippen molar-refractivity contribution in [1.29, 1.82) is 0 Å². The number of β-lactam (4-membered cyclic amide) rings is 1. The Bertz CT molecular complexity index is 1060. The van der Waals surface area contributed by atoms with Crippen LogP contribution in [0.3, 0.4) is 0 Å². The summed E-state index contributed by atoms with van der Waals surface area (Å²) in [6.45, 7) is 1.26. The molecule has 2 aliphatic heterocycles. The highest BCUT2D eigenvalue weighted by molar-refractivity contribution is 7.94. The molecule has 2 aliphatic rings. The Morgan fingerprint density at radius 1 is 1.17 bits per heavy atom. The van der Waals surface area contributed by atoms with E-state index in [1.807, 2.05) is 12.1 Å². The van der Waals surface area contributed by atoms with Crippen LogP contribution in [0.2, 0.25) is 0 Å². The van der Waals surface area contributed by atoms with E-state index >= 15 is 0 Å². The Balaban J connectivity index is 1.74. The quantitative estimate of drug-likeness (QED) is 0.256. The van der Waals surface area contributed by atoms with Gasteiger partial charge in [0, 0.05) is 0 Å². The molecule has 2 aromatic rings. The summed E-state index contributed by atoms with van der Waals surface area (Å²) in [7, 11) is -3.99. The molecule has 0 bridgehead atoms. The van der Waals surface area contributed by atoms with Crippen LogP contribution in [-0.4, -0.2) is 52.8 Å². The first-order valence-electron chi connectivity index (χ1n) is 9.35. The van der Waals surface area contributed by atoms with Crippen LogP contribution in [-0.2, 0) is 24.2 Å². The first-order chi connectivity index (χ1) is 14.3. The van der Waals surface area contributed by atoms with E-state index in [1.165, 1.54) is 6.92 Å². The van der Waals surface area contributed by atoms with E-state index in [1.54, 1.807) is 48.5 Å². The number of nitrogens with zero attached hydrogens (tertiary/aromatic N) is 2. The van der Waals surface area contributed by atoms with Crippen molar-refractivity contribution in [2.75, 3.05) is 0 Å². The van der Waals surface area contributed by atoms with Crippen LogP contribution in [0.4, 0.5) is 0 Å². The smallest absolute Gasteiger partial charge is 0.331 e. The second-order valence-corrected chi connectivity index (χ2v) is 9.99. The summed E-state index contributed by atoms with van der Waals surface area (Å²) in [5, 5.41) is 10.8. The molecule has 0 aromatic heterocycles. The number of fused-ring (bicyclic) bond motifs is 1. The molecule has 0 spiro atoms. The molecule has 9 heteroatoms. The number of ether oxygens (including phenoxy) is 1. The average molecular weight is 428 g/mol. The molecular formula is C21H20N2O6S. The van der Waals surface area contributed by atoms with Crippen molar-refractivity contribution < 1.29 is 28.0 Å². The predicted octanol–water partition coefficient (Wildman–Crippen LogP) is 1.89. The van der Waals surface area contributed by atoms with Crippen molar-refractivity contribution in [3.63, 3.8) is 0 Å². The van der Waals surface area contributed by atoms with Crippen LogP contribution in [0.15, 0.2) is 65.8 Å². The number of hydrogen-bond donors (Lipinski definition) is 1. The maximum atomic E-state index is 13.3. The Labute approximate surface area is 173 Å². The molecule has 2 fully saturated rings. The van der Waals surface area contributed by atoms with Gasteiger partial charge in [0.2, 0.25) is 5.91 Å². The predicted molar refractivity (Wildman–Crippen MR) is 107 cm³/mol. The fraction of sp³-hybridized carbons (Fsp3) is 0.286. The molecule has 156 valence electrons. The van der Waals surface area contributed by atoms with Gasteiger partial charge < -0.3 is 14.8 Å². The van der Waals surface area contributed by atoms with Crippen molar-refractivity contribution in [3.8, 4) is 0 Å². The minimum absolute atomic E-state index is 0.207. The average Bonchev–Trinajstić information content (AvgIpc) is 2.88. The molecule has 2 aromatic carbocycles. The summed E-state index contributed by atoms with van der Waals surface area (Å²) in [5.74, 6) is -1.34. The number of benzene rings is 2. The van der Waals surface area contributed by atoms with Crippen LogP contribution in [0.1, 0.15) is 30.6 Å². The number of amides is 1. The van der Waals surface area contributed by atoms with Crippen molar-refractivity contribution in [1.82, 2.24) is 4.90 Å². The summed E-state index contributed by atoms with van der Waals surface area (Å²) in [5.41, 5.74) is 1.39. The monoisotopic (exact) mass is 428 g/mol. The minimum Gasteiger partial charge on any atom is -0.451 e. The van der Waals surface area contributed by atoms with E-state index in [9.17, 15) is 18.0 Å². The summed E-state index contributed by atoms with van der Waals surface area (Å²) in [4.78, 5) is 26.5. The Morgan fingerprint density at radius 3 is 2.17 bits per heavy atom. The van der Waals surface area contributed by atoms with Gasteiger partial charge in [-0.2, -0.15) is 0 Å². The van der Waals surface area contributed by atoms with Gasteiger partial charge in [0.25, 0.3) is 0 Å². The van der Waals surface area contributed by atoms with Crippen LogP contribution >= 0.6 is 0 Å². The molecule has 0 saturated carbocycles. The number of hydrogen-bond acceptors (Lipinski definition) is 7. The van der Waals surface area contributed by atoms with Crippen LogP contribution in [0.25, 0.3) is 0 Å². The van der Waals surface area contributed by atoms with Crippen molar-refractivity contribution >= 4 is 27.9 Å². The largest absolute Gasteiger partial charge is 0.451 e. The second-order valence-electron chi connectivity index (χ2n) is 7.47. The molecule has 3 atom stereocenters. The van der Waals surface area contributed by atoms with Crippen LogP contribution in [0.5, 0.6) is 0 Å². The topological polar surface area (TPSA) is 113 Å². The number of carbonyl (C=O) groups is 2. The zero-order valence-corrected chi connectivity index (χ0v) is 16.9. The van der Waals surface area contributed by atoms with Crippen molar-refractivity contribution in [3.05, 3.63) is 71.8 Å². The van der Waals surface area contributed by atoms with Crippen LogP contribution < -0.4 is 0 Å². The fourth-order valence-electron chi connectivity index (χ4n) is 4.07. The molecule has 0 radical (unpaired) electrons. The van der Waals surface area contributed by atoms with Crippen molar-refractivity contribution in [2.45, 2.75) is 35.6 Å². The van der Waals surface area contributed by atoms with Crippen LogP contribution in [0, 0.1) is 0 Å². The molecule has 2 heterocycles. The van der Waals surface area contributed by atoms with Gasteiger partial charge in [-0.25, -0.2) is 13.2 Å². The van der Waals surface area contributed by atoms with Gasteiger partial charge in [-0.05, 0) is 18.1 Å². The van der Waals surface area contributed by atoms with Gasteiger partial charge in [0.15, 0.2) is 22.0 Å². The standard InChI is InChI=1S/C21H20N2O6S/c1-21(13-22-26)19(23-16(24)12-17(23)30(21,27)28)20(25)29-18(14-8-4-2-5-9-14)15-10-6-3-7-11-15/h2-11,13,17-19,26H,12H2,1H3/b22-13+. The Hall–Kier alpha value is -3.20. The summed E-state index contributed by atoms with van der Waals surface area (Å²) in [6, 6.07) is 16.6. The Kier molecular flexibility index (Phi) is 4.85. The van der Waals surface area contributed by atoms with Gasteiger partial charge >= 0.3 is 5.97 Å². The summed E-state index contributed by atoms with van der Waals surface area (Å²) >= 11 is 0. The van der Waals surface area contributed by atoms with Gasteiger partial charge in [0.05, 0.1) is 12.6 Å². The molecule has 0 aliphatic carbocycles. The minimum atomic E-state index is -3.99. The third kappa shape index (κ3) is 2.88. The second kappa shape index (κ2) is 7.24. The molecular weight excluding hydrogens is 408 g/mol. The highest BCUT2D eigenvalue weighted by Gasteiger charge is 2.70. The zero-order valence-electron chi connectivity index (χ0n) is 16.1. The third-order valence-corrected chi connectivity index (χ3v) is 8.38.